The van der Waals surface area contributed by atoms with Crippen LogP contribution < -0.4 is 0 Å². The first-order valence-electron chi connectivity index (χ1n) is 8.11. The van der Waals surface area contributed by atoms with Gasteiger partial charge in [-0.05, 0) is 47.5 Å². The van der Waals surface area contributed by atoms with Gasteiger partial charge in [0.15, 0.2) is 0 Å². The highest BCUT2D eigenvalue weighted by Crippen LogP contribution is 2.27. The van der Waals surface area contributed by atoms with Crippen LogP contribution in [-0.4, -0.2) is 8.80 Å². The zero-order valence-corrected chi connectivity index (χ0v) is 13.1. The molecule has 0 saturated carbocycles. The zero-order chi connectivity index (χ0) is 15.9. The molecule has 0 fully saturated rings. The number of pyridine rings is 2. The van der Waals surface area contributed by atoms with E-state index in [1.807, 2.05) is 0 Å². The van der Waals surface area contributed by atoms with Crippen molar-refractivity contribution in [3.8, 4) is 22.3 Å². The van der Waals surface area contributed by atoms with Gasteiger partial charge in [0.25, 0.3) is 0 Å². The van der Waals surface area contributed by atoms with Crippen LogP contribution in [0.3, 0.4) is 0 Å². The minimum atomic E-state index is 1.22. The van der Waals surface area contributed by atoms with E-state index in [0.29, 0.717) is 0 Å². The molecule has 4 heterocycles. The van der Waals surface area contributed by atoms with Gasteiger partial charge in [0.05, 0.1) is 0 Å². The summed E-state index contributed by atoms with van der Waals surface area (Å²) in [6.45, 7) is 0. The number of hydrogen-bond acceptors (Lipinski definition) is 0. The summed E-state index contributed by atoms with van der Waals surface area (Å²) in [5.41, 5.74) is 7.41. The van der Waals surface area contributed by atoms with Crippen molar-refractivity contribution in [2.45, 2.75) is 0 Å². The minimum absolute atomic E-state index is 1.22. The molecule has 5 rings (SSSR count). The average Bonchev–Trinajstić information content (AvgIpc) is 3.25. The van der Waals surface area contributed by atoms with Gasteiger partial charge in [0.2, 0.25) is 0 Å². The SMILES string of the molecule is c1ccn2cc(-c3ccc(-c4cc5ccccn5c4)cc3)cc2c1. The molecule has 24 heavy (non-hydrogen) atoms. The fourth-order valence-electron chi connectivity index (χ4n) is 3.28. The van der Waals surface area contributed by atoms with E-state index in [4.69, 9.17) is 0 Å². The summed E-state index contributed by atoms with van der Waals surface area (Å²) in [5.74, 6) is 0. The standard InChI is InChI=1S/C22H16N2/c1-3-11-23-15-19(13-21(23)5-1)17-7-9-18(10-8-17)20-14-22-6-2-4-12-24(22)16-20/h1-16H. The quantitative estimate of drug-likeness (QED) is 0.405. The molecule has 0 spiro atoms. The van der Waals surface area contributed by atoms with E-state index in [2.05, 4.69) is 106 Å². The third kappa shape index (κ3) is 2.12. The highest BCUT2D eigenvalue weighted by atomic mass is 14.9. The van der Waals surface area contributed by atoms with E-state index < -0.39 is 0 Å². The Kier molecular flexibility index (Phi) is 2.83. The van der Waals surface area contributed by atoms with Crippen LogP contribution in [0.5, 0.6) is 0 Å². The lowest BCUT2D eigenvalue weighted by Gasteiger charge is -2.01. The van der Waals surface area contributed by atoms with E-state index in [9.17, 15) is 0 Å². The summed E-state index contributed by atoms with van der Waals surface area (Å²) >= 11 is 0. The summed E-state index contributed by atoms with van der Waals surface area (Å²) in [6, 6.07) is 25.8. The van der Waals surface area contributed by atoms with Gasteiger partial charge < -0.3 is 8.80 Å². The molecule has 0 radical (unpaired) electrons. The summed E-state index contributed by atoms with van der Waals surface area (Å²) in [4.78, 5) is 0. The molecule has 0 amide bonds. The van der Waals surface area contributed by atoms with Crippen LogP contribution in [0, 0.1) is 0 Å². The molecule has 0 aliphatic rings. The van der Waals surface area contributed by atoms with Crippen molar-refractivity contribution in [1.29, 1.82) is 0 Å². The second kappa shape index (κ2) is 5.14. The lowest BCUT2D eigenvalue weighted by atomic mass is 10.0. The summed E-state index contributed by atoms with van der Waals surface area (Å²) in [6.07, 6.45) is 8.52. The molecule has 0 bridgehead atoms. The smallest absolute Gasteiger partial charge is 0.0456 e. The van der Waals surface area contributed by atoms with E-state index in [0.717, 1.165) is 0 Å². The summed E-state index contributed by atoms with van der Waals surface area (Å²) in [5, 5.41) is 0. The second-order valence-electron chi connectivity index (χ2n) is 6.10. The van der Waals surface area contributed by atoms with Crippen molar-refractivity contribution in [2.24, 2.45) is 0 Å². The molecule has 5 aromatic rings. The fraction of sp³-hybridized carbons (Fsp3) is 0. The van der Waals surface area contributed by atoms with Crippen LogP contribution in [-0.2, 0) is 0 Å². The summed E-state index contributed by atoms with van der Waals surface area (Å²) < 4.78 is 4.31. The molecular weight excluding hydrogens is 292 g/mol. The number of hydrogen-bond donors (Lipinski definition) is 0. The van der Waals surface area contributed by atoms with Crippen molar-refractivity contribution < 1.29 is 0 Å². The lowest BCUT2D eigenvalue weighted by molar-refractivity contribution is 1.20. The number of rotatable bonds is 2. The molecule has 0 unspecified atom stereocenters. The Morgan fingerprint density at radius 1 is 0.458 bits per heavy atom. The Morgan fingerprint density at radius 2 is 0.917 bits per heavy atom. The number of benzene rings is 1. The van der Waals surface area contributed by atoms with Gasteiger partial charge in [-0.15, -0.1) is 0 Å². The number of nitrogens with zero attached hydrogens (tertiary/aromatic N) is 2. The van der Waals surface area contributed by atoms with E-state index >= 15 is 0 Å². The van der Waals surface area contributed by atoms with Crippen molar-refractivity contribution in [1.82, 2.24) is 8.80 Å². The second-order valence-corrected chi connectivity index (χ2v) is 6.10. The molecule has 1 aromatic carbocycles. The van der Waals surface area contributed by atoms with Gasteiger partial charge in [-0.2, -0.15) is 0 Å². The predicted octanol–water partition coefficient (Wildman–Crippen LogP) is 5.53. The minimum Gasteiger partial charge on any atom is -0.323 e. The maximum atomic E-state index is 2.22. The van der Waals surface area contributed by atoms with Crippen molar-refractivity contribution in [3.05, 3.63) is 97.6 Å². The van der Waals surface area contributed by atoms with Crippen LogP contribution in [0.25, 0.3) is 33.3 Å². The highest BCUT2D eigenvalue weighted by molar-refractivity contribution is 5.75. The van der Waals surface area contributed by atoms with Crippen LogP contribution in [0.1, 0.15) is 0 Å². The van der Waals surface area contributed by atoms with Gasteiger partial charge in [-0.25, -0.2) is 0 Å². The first-order valence-corrected chi connectivity index (χ1v) is 8.11. The molecule has 0 N–H and O–H groups in total. The Labute approximate surface area is 140 Å². The molecule has 0 aliphatic heterocycles. The van der Waals surface area contributed by atoms with Gasteiger partial charge in [-0.3, -0.25) is 0 Å². The Hall–Kier alpha value is -3.26. The fourth-order valence-corrected chi connectivity index (χ4v) is 3.28. The van der Waals surface area contributed by atoms with Gasteiger partial charge in [-0.1, -0.05) is 36.4 Å². The number of fused-ring (bicyclic) bond motifs is 2. The van der Waals surface area contributed by atoms with E-state index in [1.54, 1.807) is 0 Å². The third-order valence-corrected chi connectivity index (χ3v) is 4.56. The summed E-state index contributed by atoms with van der Waals surface area (Å²) in [7, 11) is 0. The molecule has 0 atom stereocenters. The first-order chi connectivity index (χ1) is 11.9. The largest absolute Gasteiger partial charge is 0.323 e. The monoisotopic (exact) mass is 308 g/mol. The molecule has 2 heteroatoms. The van der Waals surface area contributed by atoms with E-state index in [-0.39, 0.29) is 0 Å². The molecule has 114 valence electrons. The normalized spacial score (nSPS) is 11.3. The topological polar surface area (TPSA) is 8.82 Å². The Balaban J connectivity index is 1.54. The maximum Gasteiger partial charge on any atom is 0.0456 e. The van der Waals surface area contributed by atoms with Crippen molar-refractivity contribution in [2.75, 3.05) is 0 Å². The van der Waals surface area contributed by atoms with Crippen LogP contribution in [0.2, 0.25) is 0 Å². The molecule has 0 saturated heterocycles. The highest BCUT2D eigenvalue weighted by Gasteiger charge is 2.05. The Bertz CT molecular complexity index is 984. The molecule has 4 aromatic heterocycles. The number of aromatic nitrogens is 2. The van der Waals surface area contributed by atoms with Gasteiger partial charge in [0.1, 0.15) is 0 Å². The van der Waals surface area contributed by atoms with Crippen LogP contribution >= 0.6 is 0 Å². The van der Waals surface area contributed by atoms with Crippen LogP contribution in [0.15, 0.2) is 97.6 Å². The molecule has 0 aliphatic carbocycles. The van der Waals surface area contributed by atoms with Crippen LogP contribution in [0.4, 0.5) is 0 Å². The van der Waals surface area contributed by atoms with Crippen molar-refractivity contribution >= 4 is 11.0 Å². The molecular formula is C22H16N2. The predicted molar refractivity (Wildman–Crippen MR) is 99.2 cm³/mol. The third-order valence-electron chi connectivity index (χ3n) is 4.56. The Morgan fingerprint density at radius 3 is 1.33 bits per heavy atom. The first kappa shape index (κ1) is 13.2. The maximum absolute atomic E-state index is 2.22. The van der Waals surface area contributed by atoms with Gasteiger partial charge in [0, 0.05) is 46.9 Å². The molecule has 2 nitrogen and oxygen atoms in total. The average molecular weight is 308 g/mol. The zero-order valence-electron chi connectivity index (χ0n) is 13.1. The van der Waals surface area contributed by atoms with Gasteiger partial charge >= 0.3 is 0 Å². The van der Waals surface area contributed by atoms with Crippen molar-refractivity contribution in [3.63, 3.8) is 0 Å². The van der Waals surface area contributed by atoms with E-state index in [1.165, 1.54) is 33.3 Å². The lowest BCUT2D eigenvalue weighted by Crippen LogP contribution is -1.78.